The third-order valence-electron chi connectivity index (χ3n) is 3.40. The van der Waals surface area contributed by atoms with Gasteiger partial charge in [-0.3, -0.25) is 10.1 Å². The fourth-order valence-electron chi connectivity index (χ4n) is 2.12. The quantitative estimate of drug-likeness (QED) is 0.334. The van der Waals surface area contributed by atoms with E-state index in [4.69, 9.17) is 14.2 Å². The van der Waals surface area contributed by atoms with Crippen molar-refractivity contribution in [3.63, 3.8) is 0 Å². The molecule has 0 aliphatic carbocycles. The fraction of sp³-hybridized carbons (Fsp3) is 0.176. The zero-order valence-corrected chi connectivity index (χ0v) is 14.2. The SMILES string of the molecule is COC(=O)c1ccc(OC(=O)c2cc(OC)c(OC)cc2[N+](=O)[O-])cc1. The lowest BCUT2D eigenvalue weighted by Gasteiger charge is -2.10. The number of nitro benzene ring substituents is 1. The molecule has 2 rings (SSSR count). The number of hydrogen-bond acceptors (Lipinski definition) is 8. The second kappa shape index (κ2) is 7.97. The molecule has 0 spiro atoms. The summed E-state index contributed by atoms with van der Waals surface area (Å²) < 4.78 is 19.8. The van der Waals surface area contributed by atoms with Gasteiger partial charge in [0.2, 0.25) is 0 Å². The van der Waals surface area contributed by atoms with Gasteiger partial charge in [0.15, 0.2) is 11.5 Å². The lowest BCUT2D eigenvalue weighted by atomic mass is 10.1. The molecular weight excluding hydrogens is 346 g/mol. The van der Waals surface area contributed by atoms with Crippen LogP contribution < -0.4 is 14.2 Å². The molecule has 0 unspecified atom stereocenters. The number of hydrogen-bond donors (Lipinski definition) is 0. The molecule has 2 aromatic rings. The smallest absolute Gasteiger partial charge is 0.350 e. The van der Waals surface area contributed by atoms with E-state index >= 15 is 0 Å². The van der Waals surface area contributed by atoms with E-state index in [9.17, 15) is 19.7 Å². The number of nitrogens with zero attached hydrogens (tertiary/aromatic N) is 1. The van der Waals surface area contributed by atoms with Crippen LogP contribution in [0, 0.1) is 10.1 Å². The number of benzene rings is 2. The van der Waals surface area contributed by atoms with Crippen LogP contribution in [0.4, 0.5) is 5.69 Å². The van der Waals surface area contributed by atoms with Gasteiger partial charge in [0, 0.05) is 6.07 Å². The van der Waals surface area contributed by atoms with Gasteiger partial charge in [-0.25, -0.2) is 9.59 Å². The van der Waals surface area contributed by atoms with E-state index in [0.717, 1.165) is 6.07 Å². The fourth-order valence-corrected chi connectivity index (χ4v) is 2.12. The zero-order valence-electron chi connectivity index (χ0n) is 14.2. The molecule has 26 heavy (non-hydrogen) atoms. The van der Waals surface area contributed by atoms with Crippen LogP contribution in [0.3, 0.4) is 0 Å². The van der Waals surface area contributed by atoms with Gasteiger partial charge in [-0.2, -0.15) is 0 Å². The van der Waals surface area contributed by atoms with Crippen molar-refractivity contribution < 1.29 is 33.5 Å². The molecule has 0 aliphatic rings. The first-order chi connectivity index (χ1) is 12.4. The molecule has 9 nitrogen and oxygen atoms in total. The highest BCUT2D eigenvalue weighted by molar-refractivity contribution is 5.96. The molecule has 0 fully saturated rings. The van der Waals surface area contributed by atoms with Crippen LogP contribution in [0.1, 0.15) is 20.7 Å². The molecular formula is C17H15NO8. The minimum Gasteiger partial charge on any atom is -0.493 e. The van der Waals surface area contributed by atoms with Gasteiger partial charge in [0.25, 0.3) is 5.69 Å². The molecule has 0 bridgehead atoms. The first kappa shape index (κ1) is 18.7. The van der Waals surface area contributed by atoms with Gasteiger partial charge in [-0.1, -0.05) is 0 Å². The number of ether oxygens (including phenoxy) is 4. The summed E-state index contributed by atoms with van der Waals surface area (Å²) >= 11 is 0. The number of rotatable bonds is 6. The zero-order chi connectivity index (χ0) is 19.3. The van der Waals surface area contributed by atoms with Gasteiger partial charge in [-0.15, -0.1) is 0 Å². The summed E-state index contributed by atoms with van der Waals surface area (Å²) in [6.07, 6.45) is 0. The highest BCUT2D eigenvalue weighted by Crippen LogP contribution is 2.35. The summed E-state index contributed by atoms with van der Waals surface area (Å²) in [5, 5.41) is 11.2. The van der Waals surface area contributed by atoms with Crippen molar-refractivity contribution >= 4 is 17.6 Å². The van der Waals surface area contributed by atoms with E-state index in [-0.39, 0.29) is 28.4 Å². The largest absolute Gasteiger partial charge is 0.493 e. The molecule has 0 aromatic heterocycles. The summed E-state index contributed by atoms with van der Waals surface area (Å²) in [7, 11) is 3.90. The second-order valence-corrected chi connectivity index (χ2v) is 4.89. The van der Waals surface area contributed by atoms with Crippen molar-refractivity contribution in [2.24, 2.45) is 0 Å². The average molecular weight is 361 g/mol. The van der Waals surface area contributed by atoms with Crippen LogP contribution in [-0.2, 0) is 4.74 Å². The lowest BCUT2D eigenvalue weighted by molar-refractivity contribution is -0.385. The lowest BCUT2D eigenvalue weighted by Crippen LogP contribution is -2.12. The van der Waals surface area contributed by atoms with Crippen molar-refractivity contribution in [1.82, 2.24) is 0 Å². The van der Waals surface area contributed by atoms with Crippen LogP contribution in [0.15, 0.2) is 36.4 Å². The van der Waals surface area contributed by atoms with E-state index in [1.54, 1.807) is 0 Å². The minimum atomic E-state index is -0.955. The first-order valence-electron chi connectivity index (χ1n) is 7.22. The Balaban J connectivity index is 2.34. The molecule has 9 heteroatoms. The Morgan fingerprint density at radius 2 is 1.50 bits per heavy atom. The Labute approximate surface area is 148 Å². The van der Waals surface area contributed by atoms with Crippen LogP contribution in [0.25, 0.3) is 0 Å². The van der Waals surface area contributed by atoms with Crippen molar-refractivity contribution in [1.29, 1.82) is 0 Å². The van der Waals surface area contributed by atoms with Crippen LogP contribution in [0.2, 0.25) is 0 Å². The second-order valence-electron chi connectivity index (χ2n) is 4.89. The van der Waals surface area contributed by atoms with Gasteiger partial charge >= 0.3 is 11.9 Å². The maximum atomic E-state index is 12.4. The standard InChI is InChI=1S/C17H15NO8/c1-23-14-8-12(13(18(21)22)9-15(14)24-2)17(20)26-11-6-4-10(5-7-11)16(19)25-3/h4-9H,1-3H3. The van der Waals surface area contributed by atoms with Gasteiger partial charge in [0.1, 0.15) is 11.3 Å². The number of nitro groups is 1. The average Bonchev–Trinajstić information content (AvgIpc) is 2.66. The number of methoxy groups -OCH3 is 3. The van der Waals surface area contributed by atoms with E-state index < -0.39 is 22.5 Å². The number of carbonyl (C=O) groups is 2. The Bertz CT molecular complexity index is 845. The molecule has 136 valence electrons. The minimum absolute atomic E-state index is 0.103. The summed E-state index contributed by atoms with van der Waals surface area (Å²) in [5.41, 5.74) is -0.520. The monoisotopic (exact) mass is 361 g/mol. The van der Waals surface area contributed by atoms with Crippen molar-refractivity contribution in [3.05, 3.63) is 57.6 Å². The predicted molar refractivity (Wildman–Crippen MR) is 88.9 cm³/mol. The summed E-state index contributed by atoms with van der Waals surface area (Å²) in [6.45, 7) is 0. The van der Waals surface area contributed by atoms with Crippen molar-refractivity contribution in [3.8, 4) is 17.2 Å². The maximum Gasteiger partial charge on any atom is 0.350 e. The summed E-state index contributed by atoms with van der Waals surface area (Å²) in [5.74, 6) is -1.14. The molecule has 0 saturated heterocycles. The molecule has 0 heterocycles. The molecule has 2 aromatic carbocycles. The first-order valence-corrected chi connectivity index (χ1v) is 7.22. The van der Waals surface area contributed by atoms with Crippen LogP contribution in [-0.4, -0.2) is 38.2 Å². The van der Waals surface area contributed by atoms with E-state index in [1.165, 1.54) is 51.7 Å². The molecule has 0 aliphatic heterocycles. The molecule has 0 atom stereocenters. The molecule has 0 amide bonds. The number of esters is 2. The van der Waals surface area contributed by atoms with Gasteiger partial charge in [0.05, 0.1) is 37.9 Å². The normalized spacial score (nSPS) is 9.96. The van der Waals surface area contributed by atoms with E-state index in [2.05, 4.69) is 4.74 Å². The van der Waals surface area contributed by atoms with E-state index in [0.29, 0.717) is 0 Å². The highest BCUT2D eigenvalue weighted by Gasteiger charge is 2.26. The van der Waals surface area contributed by atoms with Crippen molar-refractivity contribution in [2.75, 3.05) is 21.3 Å². The highest BCUT2D eigenvalue weighted by atomic mass is 16.6. The predicted octanol–water partition coefficient (Wildman–Crippen LogP) is 2.62. The Morgan fingerprint density at radius 3 is 2.00 bits per heavy atom. The Kier molecular flexibility index (Phi) is 5.74. The van der Waals surface area contributed by atoms with E-state index in [1.807, 2.05) is 0 Å². The molecule has 0 radical (unpaired) electrons. The number of carbonyl (C=O) groups excluding carboxylic acids is 2. The van der Waals surface area contributed by atoms with Crippen LogP contribution in [0.5, 0.6) is 17.2 Å². The Morgan fingerprint density at radius 1 is 0.923 bits per heavy atom. The van der Waals surface area contributed by atoms with Gasteiger partial charge in [-0.05, 0) is 24.3 Å². The Hall–Kier alpha value is -3.62. The van der Waals surface area contributed by atoms with Crippen LogP contribution >= 0.6 is 0 Å². The molecule has 0 N–H and O–H groups in total. The third kappa shape index (κ3) is 3.89. The third-order valence-corrected chi connectivity index (χ3v) is 3.40. The topological polar surface area (TPSA) is 114 Å². The summed E-state index contributed by atoms with van der Waals surface area (Å²) in [6, 6.07) is 7.79. The van der Waals surface area contributed by atoms with Gasteiger partial charge < -0.3 is 18.9 Å². The summed E-state index contributed by atoms with van der Waals surface area (Å²) in [4.78, 5) is 34.3. The van der Waals surface area contributed by atoms with Crippen molar-refractivity contribution in [2.45, 2.75) is 0 Å². The maximum absolute atomic E-state index is 12.4. The molecule has 0 saturated carbocycles.